The van der Waals surface area contributed by atoms with E-state index in [0.717, 1.165) is 18.2 Å². The maximum absolute atomic E-state index is 12.9. The predicted molar refractivity (Wildman–Crippen MR) is 67.5 cm³/mol. The predicted octanol–water partition coefficient (Wildman–Crippen LogP) is 0.999. The van der Waals surface area contributed by atoms with Crippen molar-refractivity contribution in [2.45, 2.75) is 23.5 Å². The molecular weight excluding hydrogens is 313 g/mol. The van der Waals surface area contributed by atoms with Crippen LogP contribution >= 0.6 is 11.6 Å². The number of carboxylic acids is 1. The summed E-state index contributed by atoms with van der Waals surface area (Å²) < 4.78 is 44.3. The summed E-state index contributed by atoms with van der Waals surface area (Å²) in [5.41, 5.74) is 0. The summed E-state index contributed by atoms with van der Waals surface area (Å²) in [5.74, 6) is -1.91. The van der Waals surface area contributed by atoms with Crippen LogP contribution in [0.25, 0.3) is 0 Å². The second-order valence-corrected chi connectivity index (χ2v) is 6.31. The summed E-state index contributed by atoms with van der Waals surface area (Å²) in [4.78, 5) is 10.6. The van der Waals surface area contributed by atoms with Gasteiger partial charge in [0, 0.05) is 6.61 Å². The second-order valence-electron chi connectivity index (χ2n) is 4.22. The molecule has 0 bridgehead atoms. The van der Waals surface area contributed by atoms with Crippen LogP contribution in [0.15, 0.2) is 23.1 Å². The molecule has 110 valence electrons. The summed E-state index contributed by atoms with van der Waals surface area (Å²) in [6.07, 6.45) is -1.02. The fraction of sp³-hybridized carbons (Fsp3) is 0.364. The number of ether oxygens (including phenoxy) is 1. The van der Waals surface area contributed by atoms with Crippen LogP contribution in [-0.4, -0.2) is 38.2 Å². The van der Waals surface area contributed by atoms with Gasteiger partial charge in [0.2, 0.25) is 10.0 Å². The van der Waals surface area contributed by atoms with Crippen LogP contribution in [-0.2, 0) is 19.6 Å². The van der Waals surface area contributed by atoms with E-state index in [9.17, 15) is 17.6 Å². The molecule has 9 heteroatoms. The van der Waals surface area contributed by atoms with Crippen LogP contribution in [0.5, 0.6) is 0 Å². The van der Waals surface area contributed by atoms with Crippen LogP contribution in [0.3, 0.4) is 0 Å². The molecule has 1 aliphatic rings. The second kappa shape index (κ2) is 5.65. The molecule has 1 aliphatic heterocycles. The maximum Gasteiger partial charge on any atom is 0.334 e. The van der Waals surface area contributed by atoms with Crippen molar-refractivity contribution in [3.05, 3.63) is 29.0 Å². The molecule has 0 aromatic heterocycles. The Morgan fingerprint density at radius 2 is 2.20 bits per heavy atom. The number of aliphatic carboxylic acids is 1. The molecule has 0 unspecified atom stereocenters. The van der Waals surface area contributed by atoms with Gasteiger partial charge in [0.05, 0.1) is 11.1 Å². The van der Waals surface area contributed by atoms with Gasteiger partial charge in [-0.05, 0) is 24.6 Å². The number of benzene rings is 1. The van der Waals surface area contributed by atoms with Crippen molar-refractivity contribution in [1.29, 1.82) is 0 Å². The third-order valence-corrected chi connectivity index (χ3v) is 4.80. The Kier molecular flexibility index (Phi) is 4.28. The molecular formula is C11H11ClFNO5S. The van der Waals surface area contributed by atoms with Gasteiger partial charge in [0.1, 0.15) is 10.7 Å². The van der Waals surface area contributed by atoms with Crippen LogP contribution < -0.4 is 4.72 Å². The average Bonchev–Trinajstić information content (AvgIpc) is 2.75. The fourth-order valence-electron chi connectivity index (χ4n) is 1.91. The van der Waals surface area contributed by atoms with Crippen LogP contribution in [0.2, 0.25) is 5.02 Å². The zero-order valence-electron chi connectivity index (χ0n) is 10.0. The molecule has 1 aromatic carbocycles. The Morgan fingerprint density at radius 1 is 1.50 bits per heavy atom. The monoisotopic (exact) mass is 323 g/mol. The van der Waals surface area contributed by atoms with Gasteiger partial charge in [-0.15, -0.1) is 0 Å². The van der Waals surface area contributed by atoms with Crippen molar-refractivity contribution >= 4 is 27.6 Å². The van der Waals surface area contributed by atoms with E-state index in [2.05, 4.69) is 4.72 Å². The first-order chi connectivity index (χ1) is 9.31. The summed E-state index contributed by atoms with van der Waals surface area (Å²) in [6.45, 7) is 0.140. The molecule has 0 amide bonds. The largest absolute Gasteiger partial charge is 0.479 e. The molecule has 1 aromatic rings. The van der Waals surface area contributed by atoms with Gasteiger partial charge in [-0.1, -0.05) is 11.6 Å². The highest BCUT2D eigenvalue weighted by molar-refractivity contribution is 7.89. The van der Waals surface area contributed by atoms with Crippen molar-refractivity contribution in [1.82, 2.24) is 4.72 Å². The number of rotatable bonds is 4. The van der Waals surface area contributed by atoms with Crippen LogP contribution in [0.1, 0.15) is 6.42 Å². The van der Waals surface area contributed by atoms with Gasteiger partial charge in [0.15, 0.2) is 6.10 Å². The third-order valence-electron chi connectivity index (χ3n) is 2.83. The lowest BCUT2D eigenvalue weighted by atomic mass is 10.1. The summed E-state index contributed by atoms with van der Waals surface area (Å²) in [7, 11) is -4.05. The molecule has 0 saturated carbocycles. The van der Waals surface area contributed by atoms with E-state index in [1.807, 2.05) is 0 Å². The lowest BCUT2D eigenvalue weighted by Crippen LogP contribution is -2.44. The Balaban J connectivity index is 2.25. The molecule has 1 saturated heterocycles. The van der Waals surface area contributed by atoms with Crippen molar-refractivity contribution in [3.8, 4) is 0 Å². The normalized spacial score (nSPS) is 22.9. The number of hydrogen-bond donors (Lipinski definition) is 2. The molecule has 1 heterocycles. The third kappa shape index (κ3) is 3.09. The highest BCUT2D eigenvalue weighted by Crippen LogP contribution is 2.24. The summed E-state index contributed by atoms with van der Waals surface area (Å²) >= 11 is 5.69. The van der Waals surface area contributed by atoms with Crippen molar-refractivity contribution < 1.29 is 27.4 Å². The van der Waals surface area contributed by atoms with Gasteiger partial charge < -0.3 is 9.84 Å². The highest BCUT2D eigenvalue weighted by atomic mass is 35.5. The standard InChI is InChI=1S/C11H11ClFNO5S/c12-7-5-6(13)1-2-9(7)20(17,18)14-8-3-4-19-10(8)11(15)16/h1-2,5,8,10,14H,3-4H2,(H,15,16)/t8-,10+/m0/s1. The number of nitrogens with one attached hydrogen (secondary N) is 1. The van der Waals surface area contributed by atoms with E-state index in [4.69, 9.17) is 21.4 Å². The minimum absolute atomic E-state index is 0.140. The molecule has 0 radical (unpaired) electrons. The number of sulfonamides is 1. The lowest BCUT2D eigenvalue weighted by Gasteiger charge is -2.17. The summed E-state index contributed by atoms with van der Waals surface area (Å²) in [6, 6.07) is 1.96. The van der Waals surface area contributed by atoms with E-state index in [1.165, 1.54) is 0 Å². The van der Waals surface area contributed by atoms with Gasteiger partial charge in [-0.2, -0.15) is 0 Å². The number of halogens is 2. The molecule has 0 aliphatic carbocycles. The topological polar surface area (TPSA) is 92.7 Å². The lowest BCUT2D eigenvalue weighted by molar-refractivity contribution is -0.147. The Labute approximate surface area is 119 Å². The molecule has 6 nitrogen and oxygen atoms in total. The van der Waals surface area contributed by atoms with Gasteiger partial charge in [-0.25, -0.2) is 22.3 Å². The number of hydrogen-bond acceptors (Lipinski definition) is 4. The van der Waals surface area contributed by atoms with Crippen molar-refractivity contribution in [2.75, 3.05) is 6.61 Å². The van der Waals surface area contributed by atoms with Crippen LogP contribution in [0.4, 0.5) is 4.39 Å². The quantitative estimate of drug-likeness (QED) is 0.862. The first-order valence-corrected chi connectivity index (χ1v) is 7.49. The first-order valence-electron chi connectivity index (χ1n) is 5.63. The zero-order valence-corrected chi connectivity index (χ0v) is 11.6. The Morgan fingerprint density at radius 3 is 2.80 bits per heavy atom. The first kappa shape index (κ1) is 15.2. The Bertz CT molecular complexity index is 636. The van der Waals surface area contributed by atoms with E-state index < -0.39 is 34.0 Å². The number of carboxylic acid groups (broad SMARTS) is 1. The molecule has 2 rings (SSSR count). The minimum atomic E-state index is -4.05. The molecule has 1 fully saturated rings. The summed E-state index contributed by atoms with van der Waals surface area (Å²) in [5, 5.41) is 8.63. The molecule has 2 N–H and O–H groups in total. The van der Waals surface area contributed by atoms with Gasteiger partial charge >= 0.3 is 5.97 Å². The minimum Gasteiger partial charge on any atom is -0.479 e. The highest BCUT2D eigenvalue weighted by Gasteiger charge is 2.37. The molecule has 20 heavy (non-hydrogen) atoms. The zero-order chi connectivity index (χ0) is 14.9. The average molecular weight is 324 g/mol. The Hall–Kier alpha value is -1.22. The smallest absolute Gasteiger partial charge is 0.334 e. The molecule has 2 atom stereocenters. The van der Waals surface area contributed by atoms with E-state index in [-0.39, 0.29) is 22.9 Å². The van der Waals surface area contributed by atoms with E-state index in [0.29, 0.717) is 0 Å². The van der Waals surface area contributed by atoms with Gasteiger partial charge in [-0.3, -0.25) is 0 Å². The van der Waals surface area contributed by atoms with Crippen molar-refractivity contribution in [3.63, 3.8) is 0 Å². The maximum atomic E-state index is 12.9. The number of carbonyl (C=O) groups is 1. The van der Waals surface area contributed by atoms with Crippen LogP contribution in [0, 0.1) is 5.82 Å². The molecule has 0 spiro atoms. The van der Waals surface area contributed by atoms with Crippen molar-refractivity contribution in [2.24, 2.45) is 0 Å². The SMILES string of the molecule is O=C(O)[C@@H]1OCC[C@@H]1NS(=O)(=O)c1ccc(F)cc1Cl. The van der Waals surface area contributed by atoms with E-state index >= 15 is 0 Å². The van der Waals surface area contributed by atoms with E-state index in [1.54, 1.807) is 0 Å². The van der Waals surface area contributed by atoms with Gasteiger partial charge in [0.25, 0.3) is 0 Å². The fourth-order valence-corrected chi connectivity index (χ4v) is 3.71.